The highest BCUT2D eigenvalue weighted by Crippen LogP contribution is 2.48. The highest BCUT2D eigenvalue weighted by atomic mass is 35.5. The summed E-state index contributed by atoms with van der Waals surface area (Å²) in [6.07, 6.45) is 2.20. The first-order valence-electron chi connectivity index (χ1n) is 14.7. The molecule has 5 rings (SSSR count). The molecule has 3 fully saturated rings. The van der Waals surface area contributed by atoms with Crippen LogP contribution in [0.15, 0.2) is 42.5 Å². The molecule has 42 heavy (non-hydrogen) atoms. The molecule has 1 N–H and O–H groups in total. The van der Waals surface area contributed by atoms with Crippen LogP contribution in [0.5, 0.6) is 5.75 Å². The van der Waals surface area contributed by atoms with Crippen LogP contribution in [0.3, 0.4) is 0 Å². The minimum Gasteiger partial charge on any atom is -0.410 e. The Kier molecular flexibility index (Phi) is 8.89. The highest BCUT2D eigenvalue weighted by molar-refractivity contribution is 6.42. The molecule has 2 amide bonds. The third-order valence-electron chi connectivity index (χ3n) is 9.03. The van der Waals surface area contributed by atoms with Gasteiger partial charge in [-0.3, -0.25) is 14.5 Å². The van der Waals surface area contributed by atoms with Gasteiger partial charge >= 0.3 is 6.09 Å². The number of amides is 2. The molecule has 1 saturated carbocycles. The number of carbonyl (C=O) groups is 3. The van der Waals surface area contributed by atoms with Crippen molar-refractivity contribution in [3.63, 3.8) is 0 Å². The van der Waals surface area contributed by atoms with E-state index in [2.05, 4.69) is 5.32 Å². The van der Waals surface area contributed by atoms with Crippen LogP contribution in [0, 0.1) is 23.1 Å². The third-order valence-corrected chi connectivity index (χ3v) is 9.77. The quantitative estimate of drug-likeness (QED) is 0.375. The molecule has 0 aromatic heterocycles. The summed E-state index contributed by atoms with van der Waals surface area (Å²) < 4.78 is 19.3. The molecule has 2 atom stereocenters. The Morgan fingerprint density at radius 3 is 2.33 bits per heavy atom. The van der Waals surface area contributed by atoms with E-state index in [1.54, 1.807) is 17.0 Å². The van der Waals surface area contributed by atoms with Gasteiger partial charge in [0.1, 0.15) is 17.1 Å². The Labute approximate surface area is 256 Å². The molecule has 2 aliphatic heterocycles. The number of nitrogens with one attached hydrogen (secondary N) is 1. The molecule has 2 aromatic rings. The number of benzene rings is 2. The SMILES string of the molecule is CC(C)CN(C(=O)Oc1ccc(F)cc1)[C@]1(C(=O)C2CCN(C(=O)C3(C)CC3)CC2)CNC[C@H]1c1ccc(Cl)c(Cl)c1. The van der Waals surface area contributed by atoms with E-state index in [0.717, 1.165) is 18.4 Å². The van der Waals surface area contributed by atoms with Gasteiger partial charge in [0.2, 0.25) is 5.91 Å². The first-order valence-corrected chi connectivity index (χ1v) is 15.4. The van der Waals surface area contributed by atoms with E-state index in [1.807, 2.05) is 31.7 Å². The lowest BCUT2D eigenvalue weighted by Crippen LogP contribution is -2.64. The maximum absolute atomic E-state index is 14.9. The van der Waals surface area contributed by atoms with Gasteiger partial charge in [0.05, 0.1) is 10.0 Å². The normalized spacial score (nSPS) is 23.6. The van der Waals surface area contributed by atoms with Crippen LogP contribution in [-0.4, -0.2) is 65.8 Å². The molecule has 0 spiro atoms. The van der Waals surface area contributed by atoms with Crippen LogP contribution in [0.25, 0.3) is 0 Å². The van der Waals surface area contributed by atoms with E-state index in [-0.39, 0.29) is 47.8 Å². The Hall–Kier alpha value is -2.68. The van der Waals surface area contributed by atoms with Gasteiger partial charge in [-0.2, -0.15) is 0 Å². The van der Waals surface area contributed by atoms with Crippen molar-refractivity contribution in [2.45, 2.75) is 57.9 Å². The number of piperidine rings is 1. The van der Waals surface area contributed by atoms with Crippen LogP contribution in [0.2, 0.25) is 10.0 Å². The van der Waals surface area contributed by atoms with Crippen LogP contribution in [0.1, 0.15) is 57.9 Å². The first-order chi connectivity index (χ1) is 19.9. The van der Waals surface area contributed by atoms with Crippen molar-refractivity contribution in [1.82, 2.24) is 15.1 Å². The Morgan fingerprint density at radius 1 is 1.07 bits per heavy atom. The summed E-state index contributed by atoms with van der Waals surface area (Å²) in [5.41, 5.74) is -0.747. The van der Waals surface area contributed by atoms with Gasteiger partial charge in [0.15, 0.2) is 5.78 Å². The van der Waals surface area contributed by atoms with E-state index in [1.165, 1.54) is 24.3 Å². The van der Waals surface area contributed by atoms with Crippen LogP contribution in [-0.2, 0) is 9.59 Å². The van der Waals surface area contributed by atoms with E-state index >= 15 is 0 Å². The zero-order chi connectivity index (χ0) is 30.2. The van der Waals surface area contributed by atoms with Gasteiger partial charge < -0.3 is 15.0 Å². The maximum Gasteiger partial charge on any atom is 0.416 e. The maximum atomic E-state index is 14.9. The summed E-state index contributed by atoms with van der Waals surface area (Å²) in [5, 5.41) is 4.16. The smallest absolute Gasteiger partial charge is 0.410 e. The van der Waals surface area contributed by atoms with Gasteiger partial charge in [-0.25, -0.2) is 9.18 Å². The molecule has 2 saturated heterocycles. The number of hydrogen-bond acceptors (Lipinski definition) is 5. The van der Waals surface area contributed by atoms with E-state index in [4.69, 9.17) is 27.9 Å². The summed E-state index contributed by atoms with van der Waals surface area (Å²) in [7, 11) is 0. The van der Waals surface area contributed by atoms with Crippen molar-refractivity contribution in [2.24, 2.45) is 17.3 Å². The number of halogens is 3. The van der Waals surface area contributed by atoms with E-state index in [9.17, 15) is 18.8 Å². The highest BCUT2D eigenvalue weighted by Gasteiger charge is 2.58. The van der Waals surface area contributed by atoms with Crippen molar-refractivity contribution in [3.05, 3.63) is 63.9 Å². The standard InChI is InChI=1S/C32H38Cl2FN3O4/c1-20(2)18-38(30(41)42-24-7-5-23(35)6-8-24)32(19-36-17-25(32)22-4-9-26(33)27(34)16-22)28(39)21-10-14-37(15-11-21)29(40)31(3)12-13-31/h4-9,16,20-21,25,36H,10-15,17-19H2,1-3H3/t25-,32+/m0/s1. The Bertz CT molecular complexity index is 1340. The molecule has 226 valence electrons. The monoisotopic (exact) mass is 617 g/mol. The summed E-state index contributed by atoms with van der Waals surface area (Å²) in [5.74, 6) is -0.891. The molecular formula is C32H38Cl2FN3O4. The third kappa shape index (κ3) is 6.03. The number of carbonyl (C=O) groups excluding carboxylic acids is 3. The van der Waals surface area contributed by atoms with E-state index < -0.39 is 23.4 Å². The fourth-order valence-corrected chi connectivity index (χ4v) is 6.71. The fourth-order valence-electron chi connectivity index (χ4n) is 6.40. The molecule has 0 bridgehead atoms. The van der Waals surface area contributed by atoms with Gasteiger partial charge in [0.25, 0.3) is 0 Å². The van der Waals surface area contributed by atoms with Gasteiger partial charge in [-0.1, -0.05) is 50.0 Å². The number of rotatable bonds is 8. The predicted octanol–water partition coefficient (Wildman–Crippen LogP) is 6.32. The number of likely N-dealkylation sites (tertiary alicyclic amines) is 1. The van der Waals surface area contributed by atoms with Gasteiger partial charge in [-0.15, -0.1) is 0 Å². The Morgan fingerprint density at radius 2 is 1.74 bits per heavy atom. The number of ketones is 1. The molecule has 10 heteroatoms. The lowest BCUT2D eigenvalue weighted by molar-refractivity contribution is -0.142. The second-order valence-corrected chi connectivity index (χ2v) is 13.4. The number of ether oxygens (including phenoxy) is 1. The van der Waals surface area contributed by atoms with Gasteiger partial charge in [-0.05, 0) is 73.6 Å². The molecular weight excluding hydrogens is 580 g/mol. The summed E-state index contributed by atoms with van der Waals surface area (Å²) in [6.45, 7) is 7.93. The molecule has 0 radical (unpaired) electrons. The summed E-state index contributed by atoms with van der Waals surface area (Å²) >= 11 is 12.7. The average Bonchev–Trinajstić information content (AvgIpc) is 3.57. The first kappa shape index (κ1) is 30.8. The summed E-state index contributed by atoms with van der Waals surface area (Å²) in [6, 6.07) is 10.6. The van der Waals surface area contributed by atoms with Crippen molar-refractivity contribution in [1.29, 1.82) is 0 Å². The minimum absolute atomic E-state index is 0.0178. The number of hydrogen-bond donors (Lipinski definition) is 1. The van der Waals surface area contributed by atoms with Crippen molar-refractivity contribution < 1.29 is 23.5 Å². The summed E-state index contributed by atoms with van der Waals surface area (Å²) in [4.78, 5) is 45.3. The van der Waals surface area contributed by atoms with Gasteiger partial charge in [0, 0.05) is 50.0 Å². The lowest BCUT2D eigenvalue weighted by atomic mass is 9.71. The zero-order valence-electron chi connectivity index (χ0n) is 24.3. The number of Topliss-reactive ketones (excluding diaryl/α,β-unsaturated/α-hetero) is 1. The molecule has 0 unspecified atom stereocenters. The molecule has 3 aliphatic rings. The van der Waals surface area contributed by atoms with Crippen LogP contribution >= 0.6 is 23.2 Å². The topological polar surface area (TPSA) is 79.0 Å². The Balaban J connectivity index is 1.51. The van der Waals surface area contributed by atoms with Crippen molar-refractivity contribution in [2.75, 3.05) is 32.7 Å². The largest absolute Gasteiger partial charge is 0.416 e. The van der Waals surface area contributed by atoms with Crippen LogP contribution in [0.4, 0.5) is 9.18 Å². The predicted molar refractivity (Wildman–Crippen MR) is 160 cm³/mol. The van der Waals surface area contributed by atoms with E-state index in [0.29, 0.717) is 42.5 Å². The molecule has 7 nitrogen and oxygen atoms in total. The van der Waals surface area contributed by atoms with Crippen LogP contribution < -0.4 is 10.1 Å². The fraction of sp³-hybridized carbons (Fsp3) is 0.531. The molecule has 2 aromatic carbocycles. The molecule has 1 aliphatic carbocycles. The molecule has 2 heterocycles. The minimum atomic E-state index is -1.28. The zero-order valence-corrected chi connectivity index (χ0v) is 25.8. The lowest BCUT2D eigenvalue weighted by Gasteiger charge is -2.46. The van der Waals surface area contributed by atoms with Crippen molar-refractivity contribution in [3.8, 4) is 5.75 Å². The second kappa shape index (κ2) is 12.1. The average molecular weight is 619 g/mol. The van der Waals surface area contributed by atoms with Crippen molar-refractivity contribution >= 4 is 41.0 Å². The number of nitrogens with zero attached hydrogens (tertiary/aromatic N) is 2. The second-order valence-electron chi connectivity index (χ2n) is 12.6.